The van der Waals surface area contributed by atoms with Gasteiger partial charge in [0.1, 0.15) is 0 Å². The van der Waals surface area contributed by atoms with Gasteiger partial charge in [-0.05, 0) is 31.6 Å². The molecule has 0 spiro atoms. The van der Waals surface area contributed by atoms with Gasteiger partial charge in [-0.2, -0.15) is 0 Å². The Morgan fingerprint density at radius 3 is 2.33 bits per heavy atom. The smallest absolute Gasteiger partial charge is 0.209 e. The first-order valence-electron chi connectivity index (χ1n) is 8.51. The number of hydrogen-bond donors (Lipinski definition) is 1. The summed E-state index contributed by atoms with van der Waals surface area (Å²) in [6.07, 6.45) is 11.5. The molecule has 2 unspecified atom stereocenters. The molecule has 0 heterocycles. The van der Waals surface area contributed by atoms with Gasteiger partial charge in [0.15, 0.2) is 0 Å². The van der Waals surface area contributed by atoms with Crippen LogP contribution in [0.5, 0.6) is 0 Å². The normalized spacial score (nSPS) is 30.8. The van der Waals surface area contributed by atoms with Gasteiger partial charge in [0.25, 0.3) is 0 Å². The molecular weight excluding hydrogens is 286 g/mol. The molecule has 5 heteroatoms. The maximum Gasteiger partial charge on any atom is 0.209 e. The Labute approximate surface area is 129 Å². The van der Waals surface area contributed by atoms with E-state index in [-0.39, 0.29) is 11.2 Å². The molecule has 0 aliphatic heterocycles. The Bertz CT molecular complexity index is 413. The Balaban J connectivity index is 1.97. The molecule has 2 atom stereocenters. The van der Waals surface area contributed by atoms with E-state index in [2.05, 4.69) is 6.92 Å². The third-order valence-corrected chi connectivity index (χ3v) is 6.20. The molecule has 2 saturated carbocycles. The summed E-state index contributed by atoms with van der Waals surface area (Å²) in [5, 5.41) is 5.35. The highest BCUT2D eigenvalue weighted by molar-refractivity contribution is 7.89. The summed E-state index contributed by atoms with van der Waals surface area (Å²) < 4.78 is 29.5. The number of nitrogens with two attached hydrogens (primary N) is 1. The zero-order valence-electron chi connectivity index (χ0n) is 13.4. The molecule has 0 aromatic rings. The van der Waals surface area contributed by atoms with Gasteiger partial charge in [0, 0.05) is 5.41 Å². The molecule has 2 aliphatic carbocycles. The summed E-state index contributed by atoms with van der Waals surface area (Å²) in [6, 6.07) is 0. The van der Waals surface area contributed by atoms with Crippen molar-refractivity contribution in [3.63, 3.8) is 0 Å². The van der Waals surface area contributed by atoms with Crippen molar-refractivity contribution in [1.82, 2.24) is 0 Å². The minimum absolute atomic E-state index is 0.0856. The van der Waals surface area contributed by atoms with Gasteiger partial charge in [-0.25, -0.2) is 13.6 Å². The lowest BCUT2D eigenvalue weighted by Gasteiger charge is -2.35. The quantitative estimate of drug-likeness (QED) is 0.792. The van der Waals surface area contributed by atoms with Gasteiger partial charge < -0.3 is 4.74 Å². The predicted molar refractivity (Wildman–Crippen MR) is 85.5 cm³/mol. The van der Waals surface area contributed by atoms with E-state index in [1.807, 2.05) is 0 Å². The van der Waals surface area contributed by atoms with Crippen LogP contribution in [0.3, 0.4) is 0 Å². The summed E-state index contributed by atoms with van der Waals surface area (Å²) in [6.45, 7) is 2.85. The molecule has 0 amide bonds. The van der Waals surface area contributed by atoms with E-state index in [9.17, 15) is 8.42 Å². The second-order valence-electron chi connectivity index (χ2n) is 7.43. The van der Waals surface area contributed by atoms with E-state index >= 15 is 0 Å². The van der Waals surface area contributed by atoms with Crippen molar-refractivity contribution < 1.29 is 13.2 Å². The first-order valence-corrected chi connectivity index (χ1v) is 10.2. The molecule has 124 valence electrons. The van der Waals surface area contributed by atoms with Crippen molar-refractivity contribution in [1.29, 1.82) is 0 Å². The monoisotopic (exact) mass is 317 g/mol. The third kappa shape index (κ3) is 5.87. The van der Waals surface area contributed by atoms with E-state index < -0.39 is 10.0 Å². The third-order valence-electron chi connectivity index (χ3n) is 5.19. The van der Waals surface area contributed by atoms with Gasteiger partial charge >= 0.3 is 0 Å². The van der Waals surface area contributed by atoms with Crippen LogP contribution in [-0.4, -0.2) is 26.9 Å². The van der Waals surface area contributed by atoms with Crippen molar-refractivity contribution >= 4 is 10.0 Å². The fraction of sp³-hybridized carbons (Fsp3) is 1.00. The molecule has 0 saturated heterocycles. The largest absolute Gasteiger partial charge is 0.378 e. The van der Waals surface area contributed by atoms with Crippen LogP contribution in [0.4, 0.5) is 0 Å². The number of sulfonamides is 1. The predicted octanol–water partition coefficient (Wildman–Crippen LogP) is 3.21. The molecule has 0 aromatic carbocycles. The Morgan fingerprint density at radius 1 is 1.10 bits per heavy atom. The summed E-state index contributed by atoms with van der Waals surface area (Å²) in [4.78, 5) is 0. The zero-order valence-corrected chi connectivity index (χ0v) is 14.2. The van der Waals surface area contributed by atoms with Gasteiger partial charge in [-0.1, -0.05) is 45.4 Å². The van der Waals surface area contributed by atoms with Gasteiger partial charge in [0.2, 0.25) is 10.0 Å². The van der Waals surface area contributed by atoms with Crippen LogP contribution in [0.2, 0.25) is 0 Å². The van der Waals surface area contributed by atoms with E-state index in [1.165, 1.54) is 25.7 Å². The topological polar surface area (TPSA) is 69.4 Å². The summed E-state index contributed by atoms with van der Waals surface area (Å²) >= 11 is 0. The number of rotatable bonds is 5. The molecule has 4 nitrogen and oxygen atoms in total. The van der Waals surface area contributed by atoms with Crippen LogP contribution in [0.15, 0.2) is 0 Å². The number of primary sulfonamides is 1. The van der Waals surface area contributed by atoms with E-state index in [0.717, 1.165) is 44.4 Å². The lowest BCUT2D eigenvalue weighted by molar-refractivity contribution is -0.0320. The summed E-state index contributed by atoms with van der Waals surface area (Å²) in [5.41, 5.74) is -0.245. The second-order valence-corrected chi connectivity index (χ2v) is 9.04. The average molecular weight is 317 g/mol. The summed E-state index contributed by atoms with van der Waals surface area (Å²) in [7, 11) is -3.44. The Morgan fingerprint density at radius 2 is 1.76 bits per heavy atom. The fourth-order valence-corrected chi connectivity index (χ4v) is 5.29. The number of hydrogen-bond acceptors (Lipinski definition) is 3. The maximum absolute atomic E-state index is 11.6. The van der Waals surface area contributed by atoms with Crippen LogP contribution < -0.4 is 5.14 Å². The van der Waals surface area contributed by atoms with Crippen LogP contribution in [0.1, 0.15) is 71.1 Å². The lowest BCUT2D eigenvalue weighted by atomic mass is 9.82. The maximum atomic E-state index is 11.6. The summed E-state index contributed by atoms with van der Waals surface area (Å²) in [5.74, 6) is 0.814. The first kappa shape index (κ1) is 17.2. The highest BCUT2D eigenvalue weighted by atomic mass is 32.2. The highest BCUT2D eigenvalue weighted by Gasteiger charge is 2.36. The van der Waals surface area contributed by atoms with Crippen molar-refractivity contribution in [3.05, 3.63) is 0 Å². The zero-order chi connectivity index (χ0) is 15.3. The standard InChI is InChI=1S/C16H31NO3S/c1-14-7-6-8-15(11-14)20-12-16(13-21(17,18)19)9-4-2-3-5-10-16/h14-15H,2-13H2,1H3,(H2,17,18,19). The van der Waals surface area contributed by atoms with E-state index in [4.69, 9.17) is 9.88 Å². The van der Waals surface area contributed by atoms with Crippen LogP contribution in [0, 0.1) is 11.3 Å². The SMILES string of the molecule is CC1CCCC(OCC2(CS(N)(=O)=O)CCCCCC2)C1. The van der Waals surface area contributed by atoms with E-state index in [0.29, 0.717) is 12.7 Å². The molecule has 2 aliphatic rings. The van der Waals surface area contributed by atoms with Crippen molar-refractivity contribution in [2.24, 2.45) is 16.5 Å². The molecule has 2 rings (SSSR count). The number of ether oxygens (including phenoxy) is 1. The van der Waals surface area contributed by atoms with Crippen LogP contribution >= 0.6 is 0 Å². The molecule has 0 aromatic heterocycles. The van der Waals surface area contributed by atoms with Gasteiger partial charge in [-0.15, -0.1) is 0 Å². The minimum Gasteiger partial charge on any atom is -0.378 e. The molecule has 21 heavy (non-hydrogen) atoms. The average Bonchev–Trinajstić information content (AvgIpc) is 2.61. The Hall–Kier alpha value is -0.130. The Kier molecular flexibility index (Phi) is 6.09. The van der Waals surface area contributed by atoms with Gasteiger partial charge in [-0.3, -0.25) is 0 Å². The van der Waals surface area contributed by atoms with Crippen LogP contribution in [0.25, 0.3) is 0 Å². The van der Waals surface area contributed by atoms with Crippen molar-refractivity contribution in [2.75, 3.05) is 12.4 Å². The van der Waals surface area contributed by atoms with E-state index in [1.54, 1.807) is 0 Å². The van der Waals surface area contributed by atoms with Crippen LogP contribution in [-0.2, 0) is 14.8 Å². The van der Waals surface area contributed by atoms with Gasteiger partial charge in [0.05, 0.1) is 18.5 Å². The highest BCUT2D eigenvalue weighted by Crippen LogP contribution is 2.37. The molecule has 0 bridgehead atoms. The second kappa shape index (κ2) is 7.42. The molecule has 0 radical (unpaired) electrons. The first-order chi connectivity index (χ1) is 9.89. The van der Waals surface area contributed by atoms with Crippen molar-refractivity contribution in [3.8, 4) is 0 Å². The minimum atomic E-state index is -3.44. The van der Waals surface area contributed by atoms with Crippen molar-refractivity contribution in [2.45, 2.75) is 77.2 Å². The molecule has 2 N–H and O–H groups in total. The fourth-order valence-electron chi connectivity index (χ4n) is 4.06. The molecule has 2 fully saturated rings. The lowest BCUT2D eigenvalue weighted by Crippen LogP contribution is -2.39. The molecular formula is C16H31NO3S.